The van der Waals surface area contributed by atoms with E-state index in [1.165, 1.54) is 19.2 Å². The summed E-state index contributed by atoms with van der Waals surface area (Å²) < 4.78 is 71.1. The van der Waals surface area contributed by atoms with Crippen molar-refractivity contribution in [3.05, 3.63) is 53.7 Å². The molecule has 1 heterocycles. The highest BCUT2D eigenvalue weighted by molar-refractivity contribution is 7.89. The van der Waals surface area contributed by atoms with Crippen LogP contribution >= 0.6 is 0 Å². The van der Waals surface area contributed by atoms with Gasteiger partial charge in [-0.3, -0.25) is 4.68 Å². The summed E-state index contributed by atoms with van der Waals surface area (Å²) in [5.41, 5.74) is 0.549. The van der Waals surface area contributed by atoms with Gasteiger partial charge < -0.3 is 4.74 Å². The van der Waals surface area contributed by atoms with Crippen molar-refractivity contribution in [2.45, 2.75) is 12.6 Å². The third-order valence-corrected chi connectivity index (χ3v) is 5.51. The van der Waals surface area contributed by atoms with Gasteiger partial charge in [-0.15, -0.1) is 0 Å². The number of halogens is 3. The minimum atomic E-state index is -4.42. The molecule has 3 aromatic rings. The highest BCUT2D eigenvalue weighted by Gasteiger charge is 2.30. The van der Waals surface area contributed by atoms with Crippen LogP contribution in [0.1, 0.15) is 11.1 Å². The van der Waals surface area contributed by atoms with Crippen molar-refractivity contribution >= 4 is 20.9 Å². The molecule has 0 atom stereocenters. The molecule has 0 saturated heterocycles. The lowest BCUT2D eigenvalue weighted by Gasteiger charge is -2.11. The zero-order chi connectivity index (χ0) is 20.5. The summed E-state index contributed by atoms with van der Waals surface area (Å²) in [7, 11) is -0.318. The number of fused-ring (bicyclic) bond motifs is 1. The smallest absolute Gasteiger partial charge is 0.416 e. The minimum absolute atomic E-state index is 0.126. The van der Waals surface area contributed by atoms with Crippen molar-refractivity contribution < 1.29 is 26.3 Å². The van der Waals surface area contributed by atoms with E-state index in [1.807, 2.05) is 0 Å². The van der Waals surface area contributed by atoms with Gasteiger partial charge in [0.05, 0.1) is 16.8 Å². The fourth-order valence-electron chi connectivity index (χ4n) is 2.74. The van der Waals surface area contributed by atoms with Crippen LogP contribution in [0.3, 0.4) is 0 Å². The molecule has 0 fully saturated rings. The second-order valence-electron chi connectivity index (χ2n) is 6.22. The molecule has 1 aromatic heterocycles. The van der Waals surface area contributed by atoms with Gasteiger partial charge in [0.1, 0.15) is 11.5 Å². The molecule has 0 aliphatic heterocycles. The molecule has 0 aliphatic carbocycles. The van der Waals surface area contributed by atoms with Crippen molar-refractivity contribution in [1.29, 1.82) is 0 Å². The monoisotopic (exact) mass is 413 g/mol. The number of benzene rings is 2. The Morgan fingerprint density at radius 2 is 1.82 bits per heavy atom. The predicted octanol–water partition coefficient (Wildman–Crippen LogP) is 3.48. The first kappa shape index (κ1) is 20.2. The van der Waals surface area contributed by atoms with Gasteiger partial charge in [0.25, 0.3) is 0 Å². The molecule has 0 spiro atoms. The van der Waals surface area contributed by atoms with Gasteiger partial charge in [-0.05, 0) is 55.4 Å². The number of hydrogen-bond donors (Lipinski definition) is 1. The molecule has 3 rings (SSSR count). The quantitative estimate of drug-likeness (QED) is 0.672. The Hall–Kier alpha value is -2.59. The normalized spacial score (nSPS) is 12.5. The molecule has 1 N–H and O–H groups in total. The van der Waals surface area contributed by atoms with E-state index < -0.39 is 21.8 Å². The third-order valence-electron chi connectivity index (χ3n) is 4.14. The van der Waals surface area contributed by atoms with Crippen molar-refractivity contribution in [2.24, 2.45) is 7.05 Å². The summed E-state index contributed by atoms with van der Waals surface area (Å²) in [6.07, 6.45) is -2.45. The van der Waals surface area contributed by atoms with Gasteiger partial charge in [0.15, 0.2) is 0 Å². The number of alkyl halides is 3. The Labute approximate surface area is 160 Å². The first-order valence-electron chi connectivity index (χ1n) is 8.30. The summed E-state index contributed by atoms with van der Waals surface area (Å²) in [4.78, 5) is 0. The Morgan fingerprint density at radius 3 is 2.43 bits per heavy atom. The van der Waals surface area contributed by atoms with E-state index in [0.29, 0.717) is 16.8 Å². The van der Waals surface area contributed by atoms with Crippen molar-refractivity contribution in [1.82, 2.24) is 14.5 Å². The maximum Gasteiger partial charge on any atom is 0.416 e. The van der Waals surface area contributed by atoms with E-state index in [0.717, 1.165) is 17.5 Å². The Morgan fingerprint density at radius 1 is 1.14 bits per heavy atom. The van der Waals surface area contributed by atoms with Crippen molar-refractivity contribution in [3.63, 3.8) is 0 Å². The molecule has 0 unspecified atom stereocenters. The van der Waals surface area contributed by atoms with Crippen LogP contribution in [0.5, 0.6) is 11.5 Å². The molecule has 0 amide bonds. The standard InChI is InChI=1S/C18H18F3N3O3S/c1-22-28(25,26)8-7-12-9-16(10-13-11-24(2)23-17(12)13)27-15-5-3-14(4-6-15)18(19,20)21/h3-6,9-11,22H,7-8H2,1-2H3. The van der Waals surface area contributed by atoms with E-state index in [4.69, 9.17) is 4.74 Å². The highest BCUT2D eigenvalue weighted by Crippen LogP contribution is 2.32. The Balaban J connectivity index is 1.91. The number of aromatic nitrogens is 2. The lowest BCUT2D eigenvalue weighted by atomic mass is 10.1. The van der Waals surface area contributed by atoms with Crippen LogP contribution in [0, 0.1) is 0 Å². The third kappa shape index (κ3) is 4.63. The predicted molar refractivity (Wildman–Crippen MR) is 98.8 cm³/mol. The van der Waals surface area contributed by atoms with E-state index >= 15 is 0 Å². The topological polar surface area (TPSA) is 73.2 Å². The van der Waals surface area contributed by atoms with Crippen LogP contribution in [0.4, 0.5) is 13.2 Å². The Kier molecular flexibility index (Phi) is 5.35. The lowest BCUT2D eigenvalue weighted by molar-refractivity contribution is -0.137. The zero-order valence-corrected chi connectivity index (χ0v) is 15.9. The SMILES string of the molecule is CNS(=O)(=O)CCc1cc(Oc2ccc(C(F)(F)F)cc2)cc2cn(C)nc12. The number of nitrogens with zero attached hydrogens (tertiary/aromatic N) is 2. The summed E-state index contributed by atoms with van der Waals surface area (Å²) in [5.74, 6) is 0.501. The number of rotatable bonds is 6. The summed E-state index contributed by atoms with van der Waals surface area (Å²) in [5, 5.41) is 5.09. The van der Waals surface area contributed by atoms with E-state index in [2.05, 4.69) is 9.82 Å². The van der Waals surface area contributed by atoms with Gasteiger partial charge >= 0.3 is 6.18 Å². The molecule has 28 heavy (non-hydrogen) atoms. The molecule has 0 aliphatic rings. The zero-order valence-electron chi connectivity index (χ0n) is 15.1. The maximum atomic E-state index is 12.7. The fourth-order valence-corrected chi connectivity index (χ4v) is 3.43. The van der Waals surface area contributed by atoms with Crippen molar-refractivity contribution in [2.75, 3.05) is 12.8 Å². The molecule has 0 bridgehead atoms. The summed E-state index contributed by atoms with van der Waals surface area (Å²) >= 11 is 0. The molecule has 150 valence electrons. The largest absolute Gasteiger partial charge is 0.457 e. The van der Waals surface area contributed by atoms with Crippen molar-refractivity contribution in [3.8, 4) is 11.5 Å². The van der Waals surface area contributed by atoms with Crippen LogP contribution in [-0.2, 0) is 29.7 Å². The van der Waals surface area contributed by atoms with Crippen LogP contribution in [0.25, 0.3) is 10.9 Å². The molecule has 0 saturated carbocycles. The van der Waals surface area contributed by atoms with Crippen LogP contribution in [-0.4, -0.2) is 31.0 Å². The molecular weight excluding hydrogens is 395 g/mol. The molecule has 6 nitrogen and oxygen atoms in total. The first-order valence-corrected chi connectivity index (χ1v) is 9.95. The van der Waals surface area contributed by atoms with Gasteiger partial charge in [0, 0.05) is 18.6 Å². The van der Waals surface area contributed by atoms with Gasteiger partial charge in [-0.2, -0.15) is 18.3 Å². The maximum absolute atomic E-state index is 12.7. The average Bonchev–Trinajstić information content (AvgIpc) is 2.99. The molecular formula is C18H18F3N3O3S. The number of ether oxygens (including phenoxy) is 1. The highest BCUT2D eigenvalue weighted by atomic mass is 32.2. The fraction of sp³-hybridized carbons (Fsp3) is 0.278. The number of aryl methyl sites for hydroxylation is 2. The van der Waals surface area contributed by atoms with Crippen LogP contribution in [0.2, 0.25) is 0 Å². The summed E-state index contributed by atoms with van der Waals surface area (Å²) in [6, 6.07) is 7.72. The van der Waals surface area contributed by atoms with E-state index in [1.54, 1.807) is 30.1 Å². The van der Waals surface area contributed by atoms with E-state index in [-0.39, 0.29) is 17.9 Å². The number of nitrogens with one attached hydrogen (secondary N) is 1. The second kappa shape index (κ2) is 7.44. The average molecular weight is 413 g/mol. The van der Waals surface area contributed by atoms with Gasteiger partial charge in [0.2, 0.25) is 10.0 Å². The second-order valence-corrected chi connectivity index (χ2v) is 8.27. The van der Waals surface area contributed by atoms with Gasteiger partial charge in [-0.25, -0.2) is 13.1 Å². The minimum Gasteiger partial charge on any atom is -0.457 e. The molecule has 2 aromatic carbocycles. The first-order chi connectivity index (χ1) is 13.1. The van der Waals surface area contributed by atoms with Crippen LogP contribution in [0.15, 0.2) is 42.6 Å². The number of hydrogen-bond acceptors (Lipinski definition) is 4. The lowest BCUT2D eigenvalue weighted by Crippen LogP contribution is -2.23. The molecule has 10 heteroatoms. The Bertz CT molecular complexity index is 1090. The van der Waals surface area contributed by atoms with Gasteiger partial charge in [-0.1, -0.05) is 0 Å². The molecule has 0 radical (unpaired) electrons. The number of sulfonamides is 1. The van der Waals surface area contributed by atoms with Crippen LogP contribution < -0.4 is 9.46 Å². The van der Waals surface area contributed by atoms with E-state index in [9.17, 15) is 21.6 Å². The summed E-state index contributed by atoms with van der Waals surface area (Å²) in [6.45, 7) is 0.